The van der Waals surface area contributed by atoms with Crippen molar-refractivity contribution in [2.75, 3.05) is 7.11 Å². The minimum atomic E-state index is -0.0986. The van der Waals surface area contributed by atoms with E-state index in [9.17, 15) is 5.11 Å². The van der Waals surface area contributed by atoms with Crippen LogP contribution in [0.5, 0.6) is 0 Å². The summed E-state index contributed by atoms with van der Waals surface area (Å²) in [6, 6.07) is 0. The van der Waals surface area contributed by atoms with Crippen LogP contribution in [0.25, 0.3) is 11.2 Å². The zero-order valence-electron chi connectivity index (χ0n) is 12.2. The first-order valence-corrected chi connectivity index (χ1v) is 6.33. The van der Waals surface area contributed by atoms with Crippen LogP contribution in [-0.4, -0.2) is 26.8 Å². The lowest BCUT2D eigenvalue weighted by atomic mass is 9.89. The highest BCUT2D eigenvalue weighted by Crippen LogP contribution is 2.32. The lowest BCUT2D eigenvalue weighted by molar-refractivity contribution is 0.183. The monoisotopic (exact) mass is 263 g/mol. The Bertz CT molecular complexity index is 597. The van der Waals surface area contributed by atoms with Crippen LogP contribution in [0.1, 0.15) is 37.7 Å². The molecule has 0 aliphatic carbocycles. The van der Waals surface area contributed by atoms with Crippen LogP contribution in [0.2, 0.25) is 0 Å². The number of rotatable bonds is 3. The summed E-state index contributed by atoms with van der Waals surface area (Å²) >= 11 is 0. The summed E-state index contributed by atoms with van der Waals surface area (Å²) in [5.41, 5.74) is 4.45. The highest BCUT2D eigenvalue weighted by atomic mass is 16.5. The van der Waals surface area contributed by atoms with E-state index in [0.29, 0.717) is 12.3 Å². The van der Waals surface area contributed by atoms with E-state index in [1.165, 1.54) is 5.69 Å². The number of ether oxygens (including phenoxy) is 1. The number of aliphatic hydroxyl groups excluding tert-OH is 1. The second-order valence-corrected chi connectivity index (χ2v) is 5.76. The number of aliphatic hydroxyl groups is 1. The predicted molar refractivity (Wildman–Crippen MR) is 73.8 cm³/mol. The molecule has 5 nitrogen and oxygen atoms in total. The van der Waals surface area contributed by atoms with Gasteiger partial charge < -0.3 is 14.4 Å². The van der Waals surface area contributed by atoms with Crippen molar-refractivity contribution in [2.24, 2.45) is 7.05 Å². The van der Waals surface area contributed by atoms with Crippen LogP contribution >= 0.6 is 0 Å². The minimum absolute atomic E-state index is 0.0234. The molecule has 2 aromatic heterocycles. The fraction of sp³-hybridized carbons (Fsp3) is 0.571. The quantitative estimate of drug-likeness (QED) is 0.919. The van der Waals surface area contributed by atoms with Gasteiger partial charge in [0.1, 0.15) is 5.52 Å². The van der Waals surface area contributed by atoms with E-state index in [1.807, 2.05) is 7.05 Å². The molecule has 0 saturated carbocycles. The number of hydrogen-bond donors (Lipinski definition) is 1. The molecule has 0 aliphatic rings. The van der Waals surface area contributed by atoms with E-state index in [1.54, 1.807) is 13.3 Å². The normalized spacial score (nSPS) is 12.3. The van der Waals surface area contributed by atoms with Gasteiger partial charge in [-0.1, -0.05) is 20.8 Å². The molecule has 0 fully saturated rings. The van der Waals surface area contributed by atoms with Gasteiger partial charge in [-0.25, -0.2) is 4.98 Å². The maximum atomic E-state index is 9.19. The van der Waals surface area contributed by atoms with Crippen molar-refractivity contribution >= 4 is 11.2 Å². The summed E-state index contributed by atoms with van der Waals surface area (Å²) in [7, 11) is 3.67. The molecular weight excluding hydrogens is 242 g/mol. The Hall–Kier alpha value is -1.46. The highest BCUT2D eigenvalue weighted by molar-refractivity contribution is 5.78. The van der Waals surface area contributed by atoms with Gasteiger partial charge in [-0.3, -0.25) is 4.98 Å². The van der Waals surface area contributed by atoms with Crippen LogP contribution in [0, 0.1) is 0 Å². The molecule has 0 saturated heterocycles. The number of aryl methyl sites for hydroxylation is 1. The van der Waals surface area contributed by atoms with E-state index in [-0.39, 0.29) is 12.0 Å². The van der Waals surface area contributed by atoms with Gasteiger partial charge in [0.15, 0.2) is 5.65 Å². The molecule has 0 unspecified atom stereocenters. The van der Waals surface area contributed by atoms with Gasteiger partial charge in [-0.05, 0) is 0 Å². The Morgan fingerprint density at radius 1 is 1.37 bits per heavy atom. The first kappa shape index (κ1) is 14.0. The SMILES string of the molecule is COCc1c(C(C)(C)C)n(C)c2nc(CO)cnc12. The molecule has 0 aromatic carbocycles. The van der Waals surface area contributed by atoms with Crippen molar-refractivity contribution in [3.63, 3.8) is 0 Å². The topological polar surface area (TPSA) is 60.2 Å². The van der Waals surface area contributed by atoms with Crippen molar-refractivity contribution in [1.29, 1.82) is 0 Å². The minimum Gasteiger partial charge on any atom is -0.390 e. The van der Waals surface area contributed by atoms with Crippen molar-refractivity contribution in [1.82, 2.24) is 14.5 Å². The molecule has 2 rings (SSSR count). The summed E-state index contributed by atoms with van der Waals surface area (Å²) < 4.78 is 7.36. The van der Waals surface area contributed by atoms with Crippen LogP contribution in [0.3, 0.4) is 0 Å². The summed E-state index contributed by atoms with van der Waals surface area (Å²) in [6.07, 6.45) is 1.62. The van der Waals surface area contributed by atoms with Gasteiger partial charge in [-0.2, -0.15) is 0 Å². The van der Waals surface area contributed by atoms with Crippen molar-refractivity contribution in [2.45, 2.75) is 39.4 Å². The van der Waals surface area contributed by atoms with Gasteiger partial charge in [0.2, 0.25) is 0 Å². The van der Waals surface area contributed by atoms with E-state index in [4.69, 9.17) is 4.74 Å². The number of hydrogen-bond acceptors (Lipinski definition) is 4. The van der Waals surface area contributed by atoms with Gasteiger partial charge in [0.25, 0.3) is 0 Å². The van der Waals surface area contributed by atoms with Crippen LogP contribution in [0.15, 0.2) is 6.20 Å². The second-order valence-electron chi connectivity index (χ2n) is 5.76. The Balaban J connectivity index is 2.79. The third-order valence-electron chi connectivity index (χ3n) is 3.19. The zero-order valence-corrected chi connectivity index (χ0v) is 12.2. The Morgan fingerprint density at radius 2 is 2.05 bits per heavy atom. The van der Waals surface area contributed by atoms with E-state index in [0.717, 1.165) is 16.7 Å². The largest absolute Gasteiger partial charge is 0.390 e. The summed E-state index contributed by atoms with van der Waals surface area (Å²) in [5.74, 6) is 0. The average molecular weight is 263 g/mol. The van der Waals surface area contributed by atoms with Crippen molar-refractivity contribution < 1.29 is 9.84 Å². The molecule has 0 bridgehead atoms. The predicted octanol–water partition coefficient (Wildman–Crippen LogP) is 1.90. The molecule has 2 heterocycles. The van der Waals surface area contributed by atoms with E-state index >= 15 is 0 Å². The first-order chi connectivity index (χ1) is 8.90. The lowest BCUT2D eigenvalue weighted by Gasteiger charge is -2.21. The maximum Gasteiger partial charge on any atom is 0.159 e. The smallest absolute Gasteiger partial charge is 0.159 e. The molecule has 0 spiro atoms. The molecule has 19 heavy (non-hydrogen) atoms. The van der Waals surface area contributed by atoms with Crippen LogP contribution in [0.4, 0.5) is 0 Å². The Morgan fingerprint density at radius 3 is 2.58 bits per heavy atom. The van der Waals surface area contributed by atoms with Gasteiger partial charge in [0, 0.05) is 30.8 Å². The van der Waals surface area contributed by atoms with E-state index < -0.39 is 0 Å². The molecule has 0 atom stereocenters. The molecule has 5 heteroatoms. The van der Waals surface area contributed by atoms with Crippen molar-refractivity contribution in [3.05, 3.63) is 23.1 Å². The third-order valence-corrected chi connectivity index (χ3v) is 3.19. The molecule has 104 valence electrons. The number of aromatic nitrogens is 3. The molecule has 0 radical (unpaired) electrons. The number of fused-ring (bicyclic) bond motifs is 1. The summed E-state index contributed by atoms with van der Waals surface area (Å²) in [5, 5.41) is 9.19. The fourth-order valence-electron chi connectivity index (χ4n) is 2.59. The number of nitrogens with zero attached hydrogens (tertiary/aromatic N) is 3. The molecular formula is C14H21N3O2. The molecule has 1 N–H and O–H groups in total. The standard InChI is InChI=1S/C14H21N3O2/c1-14(2,3)12-10(8-19-5)11-13(17(12)4)16-9(7-18)6-15-11/h6,18H,7-8H2,1-5H3. The highest BCUT2D eigenvalue weighted by Gasteiger charge is 2.26. The van der Waals surface area contributed by atoms with Gasteiger partial charge in [-0.15, -0.1) is 0 Å². The summed E-state index contributed by atoms with van der Waals surface area (Å²) in [6.45, 7) is 6.89. The molecule has 0 aliphatic heterocycles. The summed E-state index contributed by atoms with van der Waals surface area (Å²) in [4.78, 5) is 8.91. The Labute approximate surface area is 113 Å². The maximum absolute atomic E-state index is 9.19. The van der Waals surface area contributed by atoms with Crippen LogP contribution in [-0.2, 0) is 30.4 Å². The molecule has 2 aromatic rings. The van der Waals surface area contributed by atoms with Gasteiger partial charge >= 0.3 is 0 Å². The van der Waals surface area contributed by atoms with Gasteiger partial charge in [0.05, 0.1) is 25.1 Å². The van der Waals surface area contributed by atoms with Crippen LogP contribution < -0.4 is 0 Å². The third kappa shape index (κ3) is 2.35. The fourth-order valence-corrected chi connectivity index (χ4v) is 2.59. The second kappa shape index (κ2) is 4.90. The Kier molecular flexibility index (Phi) is 3.60. The molecule has 0 amide bonds. The lowest BCUT2D eigenvalue weighted by Crippen LogP contribution is -2.18. The van der Waals surface area contributed by atoms with E-state index in [2.05, 4.69) is 35.3 Å². The van der Waals surface area contributed by atoms with Crippen molar-refractivity contribution in [3.8, 4) is 0 Å². The first-order valence-electron chi connectivity index (χ1n) is 6.33. The number of methoxy groups -OCH3 is 1. The zero-order chi connectivity index (χ0) is 14.2. The average Bonchev–Trinajstić information content (AvgIpc) is 2.62.